The van der Waals surface area contributed by atoms with Gasteiger partial charge in [0.25, 0.3) is 5.91 Å². The summed E-state index contributed by atoms with van der Waals surface area (Å²) in [6.07, 6.45) is 3.24. The molecule has 3 aromatic heterocycles. The Morgan fingerprint density at radius 2 is 2.10 bits per heavy atom. The van der Waals surface area contributed by atoms with Gasteiger partial charge in [-0.1, -0.05) is 23.2 Å². The highest BCUT2D eigenvalue weighted by Gasteiger charge is 2.17. The molecule has 0 saturated heterocycles. The molecular weight excluding hydrogens is 311 g/mol. The summed E-state index contributed by atoms with van der Waals surface area (Å²) in [6, 6.07) is 6.65. The van der Waals surface area contributed by atoms with Gasteiger partial charge >= 0.3 is 0 Å². The number of amides is 1. The monoisotopic (exact) mass is 320 g/mol. The molecule has 106 valence electrons. The average Bonchev–Trinajstić information content (AvgIpc) is 2.73. The van der Waals surface area contributed by atoms with Crippen LogP contribution in [0.4, 0.5) is 5.69 Å². The Hall–Kier alpha value is -2.11. The smallest absolute Gasteiger partial charge is 0.274 e. The van der Waals surface area contributed by atoms with Crippen LogP contribution in [0.1, 0.15) is 16.2 Å². The molecule has 0 unspecified atom stereocenters. The number of hydrogen-bond donors (Lipinski definition) is 1. The van der Waals surface area contributed by atoms with Crippen molar-refractivity contribution in [2.45, 2.75) is 6.92 Å². The van der Waals surface area contributed by atoms with E-state index in [2.05, 4.69) is 15.3 Å². The van der Waals surface area contributed by atoms with Gasteiger partial charge < -0.3 is 5.32 Å². The number of hydrogen-bond acceptors (Lipinski definition) is 3. The van der Waals surface area contributed by atoms with Gasteiger partial charge in [0.15, 0.2) is 0 Å². The lowest BCUT2D eigenvalue weighted by Gasteiger charge is -2.06. The van der Waals surface area contributed by atoms with E-state index >= 15 is 0 Å². The minimum absolute atomic E-state index is 0.274. The molecule has 0 spiro atoms. The third-order valence-corrected chi connectivity index (χ3v) is 3.40. The number of fused-ring (bicyclic) bond motifs is 1. The van der Waals surface area contributed by atoms with E-state index < -0.39 is 0 Å². The van der Waals surface area contributed by atoms with E-state index in [-0.39, 0.29) is 5.91 Å². The zero-order chi connectivity index (χ0) is 15.0. The fourth-order valence-corrected chi connectivity index (χ4v) is 2.41. The highest BCUT2D eigenvalue weighted by molar-refractivity contribution is 6.31. The van der Waals surface area contributed by atoms with Crippen LogP contribution in [0.25, 0.3) is 5.65 Å². The number of nitrogens with zero attached hydrogens (tertiary/aromatic N) is 3. The Labute approximate surface area is 130 Å². The lowest BCUT2D eigenvalue weighted by molar-refractivity contribution is 0.102. The van der Waals surface area contributed by atoms with E-state index in [9.17, 15) is 4.79 Å². The van der Waals surface area contributed by atoms with Crippen molar-refractivity contribution in [3.8, 4) is 0 Å². The van der Waals surface area contributed by atoms with Gasteiger partial charge in [-0.3, -0.25) is 9.20 Å². The number of anilines is 1. The van der Waals surface area contributed by atoms with Crippen molar-refractivity contribution in [2.75, 3.05) is 5.32 Å². The Bertz CT molecular complexity index is 844. The van der Waals surface area contributed by atoms with Crippen molar-refractivity contribution < 1.29 is 4.79 Å². The van der Waals surface area contributed by atoms with E-state index in [0.29, 0.717) is 32.9 Å². The maximum Gasteiger partial charge on any atom is 0.274 e. The number of halogens is 2. The Morgan fingerprint density at radius 3 is 2.86 bits per heavy atom. The standard InChI is InChI=1S/C14H10Cl2N4O/c1-8-13(20-5-3-9(15)6-12(20)18-8)14(21)19-10-2-4-17-11(16)7-10/h2-7H,1H3,(H,17,19,21). The molecule has 1 amide bonds. The van der Waals surface area contributed by atoms with E-state index in [1.807, 2.05) is 0 Å². The summed E-state index contributed by atoms with van der Waals surface area (Å²) in [6.45, 7) is 1.77. The fraction of sp³-hybridized carbons (Fsp3) is 0.0714. The minimum atomic E-state index is -0.274. The molecule has 0 radical (unpaired) electrons. The first kappa shape index (κ1) is 13.9. The summed E-state index contributed by atoms with van der Waals surface area (Å²) in [5, 5.41) is 3.66. The largest absolute Gasteiger partial charge is 0.320 e. The molecule has 0 saturated carbocycles. The summed E-state index contributed by atoms with van der Waals surface area (Å²) in [5.41, 5.74) is 2.27. The zero-order valence-corrected chi connectivity index (χ0v) is 12.5. The normalized spacial score (nSPS) is 10.8. The van der Waals surface area contributed by atoms with Crippen molar-refractivity contribution >= 4 is 40.4 Å². The lowest BCUT2D eigenvalue weighted by Crippen LogP contribution is -2.15. The van der Waals surface area contributed by atoms with Crippen molar-refractivity contribution in [1.29, 1.82) is 0 Å². The van der Waals surface area contributed by atoms with Crippen LogP contribution in [0.2, 0.25) is 10.2 Å². The van der Waals surface area contributed by atoms with E-state index in [0.717, 1.165) is 0 Å². The van der Waals surface area contributed by atoms with E-state index in [1.54, 1.807) is 41.8 Å². The molecule has 1 N–H and O–H groups in total. The summed E-state index contributed by atoms with van der Waals surface area (Å²) < 4.78 is 1.69. The van der Waals surface area contributed by atoms with Crippen LogP contribution in [0.15, 0.2) is 36.7 Å². The van der Waals surface area contributed by atoms with Crippen LogP contribution >= 0.6 is 23.2 Å². The highest BCUT2D eigenvalue weighted by Crippen LogP contribution is 2.18. The number of nitrogens with one attached hydrogen (secondary N) is 1. The van der Waals surface area contributed by atoms with Crippen molar-refractivity contribution in [3.63, 3.8) is 0 Å². The highest BCUT2D eigenvalue weighted by atomic mass is 35.5. The molecule has 3 rings (SSSR count). The van der Waals surface area contributed by atoms with Crippen LogP contribution in [0, 0.1) is 6.92 Å². The Balaban J connectivity index is 2.00. The van der Waals surface area contributed by atoms with Gasteiger partial charge in [-0.2, -0.15) is 0 Å². The number of carbonyl (C=O) groups excluding carboxylic acids is 1. The first-order valence-electron chi connectivity index (χ1n) is 6.12. The van der Waals surface area contributed by atoms with Gasteiger partial charge in [0, 0.05) is 29.2 Å². The molecule has 0 fully saturated rings. The van der Waals surface area contributed by atoms with Gasteiger partial charge in [-0.15, -0.1) is 0 Å². The van der Waals surface area contributed by atoms with Gasteiger partial charge in [-0.05, 0) is 25.1 Å². The molecule has 0 aliphatic carbocycles. The third-order valence-electron chi connectivity index (χ3n) is 2.96. The van der Waals surface area contributed by atoms with Crippen LogP contribution in [-0.4, -0.2) is 20.3 Å². The predicted molar refractivity (Wildman–Crippen MR) is 82.1 cm³/mol. The Kier molecular flexibility index (Phi) is 3.53. The first-order valence-corrected chi connectivity index (χ1v) is 6.87. The van der Waals surface area contributed by atoms with Crippen LogP contribution in [-0.2, 0) is 0 Å². The van der Waals surface area contributed by atoms with Gasteiger partial charge in [0.1, 0.15) is 16.5 Å². The second-order valence-electron chi connectivity index (χ2n) is 4.44. The molecule has 7 heteroatoms. The number of aromatic nitrogens is 3. The molecule has 3 aromatic rings. The van der Waals surface area contributed by atoms with Gasteiger partial charge in [-0.25, -0.2) is 9.97 Å². The van der Waals surface area contributed by atoms with Gasteiger partial charge in [0.2, 0.25) is 0 Å². The summed E-state index contributed by atoms with van der Waals surface area (Å²) in [4.78, 5) is 20.6. The van der Waals surface area contributed by atoms with Crippen LogP contribution < -0.4 is 5.32 Å². The molecular formula is C14H10Cl2N4O. The average molecular weight is 321 g/mol. The fourth-order valence-electron chi connectivity index (χ4n) is 2.08. The summed E-state index contributed by atoms with van der Waals surface area (Å²) in [5.74, 6) is -0.274. The van der Waals surface area contributed by atoms with Crippen molar-refractivity contribution in [3.05, 3.63) is 58.2 Å². The van der Waals surface area contributed by atoms with Crippen molar-refractivity contribution in [2.24, 2.45) is 0 Å². The molecule has 5 nitrogen and oxygen atoms in total. The molecule has 3 heterocycles. The number of rotatable bonds is 2. The summed E-state index contributed by atoms with van der Waals surface area (Å²) in [7, 11) is 0. The lowest BCUT2D eigenvalue weighted by atomic mass is 10.3. The maximum atomic E-state index is 12.4. The minimum Gasteiger partial charge on any atom is -0.320 e. The van der Waals surface area contributed by atoms with E-state index in [4.69, 9.17) is 23.2 Å². The molecule has 0 bridgehead atoms. The molecule has 0 aliphatic rings. The molecule has 21 heavy (non-hydrogen) atoms. The van der Waals surface area contributed by atoms with Crippen LogP contribution in [0.3, 0.4) is 0 Å². The molecule has 0 atom stereocenters. The van der Waals surface area contributed by atoms with Gasteiger partial charge in [0.05, 0.1) is 5.69 Å². The first-order chi connectivity index (χ1) is 10.0. The zero-order valence-electron chi connectivity index (χ0n) is 11.0. The SMILES string of the molecule is Cc1nc2cc(Cl)ccn2c1C(=O)Nc1ccnc(Cl)c1. The second kappa shape index (κ2) is 5.35. The summed E-state index contributed by atoms with van der Waals surface area (Å²) >= 11 is 11.7. The molecule has 0 aromatic carbocycles. The second-order valence-corrected chi connectivity index (χ2v) is 5.26. The number of carbonyl (C=O) groups is 1. The molecule has 0 aliphatic heterocycles. The quantitative estimate of drug-likeness (QED) is 0.734. The number of aryl methyl sites for hydroxylation is 1. The predicted octanol–water partition coefficient (Wildman–Crippen LogP) is 3.60. The Morgan fingerprint density at radius 1 is 1.29 bits per heavy atom. The van der Waals surface area contributed by atoms with E-state index in [1.165, 1.54) is 6.20 Å². The number of pyridine rings is 2. The topological polar surface area (TPSA) is 59.3 Å². The third kappa shape index (κ3) is 2.70. The van der Waals surface area contributed by atoms with Crippen molar-refractivity contribution in [1.82, 2.24) is 14.4 Å². The maximum absolute atomic E-state index is 12.4. The number of imidazole rings is 1. The van der Waals surface area contributed by atoms with Crippen LogP contribution in [0.5, 0.6) is 0 Å².